The maximum Gasteiger partial charge on any atom is 0.0585 e. The Kier molecular flexibility index (Phi) is 10.5. The zero-order valence-corrected chi connectivity index (χ0v) is 9.41. The van der Waals surface area contributed by atoms with Crippen LogP contribution < -0.4 is 5.73 Å². The summed E-state index contributed by atoms with van der Waals surface area (Å²) in [5.41, 5.74) is 5.55. The van der Waals surface area contributed by atoms with Crippen LogP contribution in [0.3, 0.4) is 0 Å². The molecule has 0 aliphatic heterocycles. The second-order valence-corrected chi connectivity index (χ2v) is 3.85. The summed E-state index contributed by atoms with van der Waals surface area (Å²) < 4.78 is 0. The maximum absolute atomic E-state index is 8.68. The predicted molar refractivity (Wildman–Crippen MR) is 62.2 cm³/mol. The average Bonchev–Trinajstić information content (AvgIpc) is 2.21. The van der Waals surface area contributed by atoms with Crippen LogP contribution in [0.15, 0.2) is 12.2 Å². The Morgan fingerprint density at radius 2 is 1.86 bits per heavy atom. The van der Waals surface area contributed by atoms with Crippen LogP contribution in [0, 0.1) is 0 Å². The van der Waals surface area contributed by atoms with Gasteiger partial charge in [0.2, 0.25) is 0 Å². The molecule has 0 saturated heterocycles. The van der Waals surface area contributed by atoms with E-state index in [1.807, 2.05) is 0 Å². The second kappa shape index (κ2) is 10.7. The quantitative estimate of drug-likeness (QED) is 0.443. The molecule has 0 heterocycles. The van der Waals surface area contributed by atoms with Crippen molar-refractivity contribution in [3.8, 4) is 0 Å². The van der Waals surface area contributed by atoms with Gasteiger partial charge in [-0.3, -0.25) is 0 Å². The van der Waals surface area contributed by atoms with Crippen LogP contribution in [-0.4, -0.2) is 17.8 Å². The summed E-state index contributed by atoms with van der Waals surface area (Å²) in [4.78, 5) is 0. The van der Waals surface area contributed by atoms with Gasteiger partial charge in [0.1, 0.15) is 0 Å². The molecule has 0 fully saturated rings. The van der Waals surface area contributed by atoms with E-state index < -0.39 is 0 Å². The van der Waals surface area contributed by atoms with Crippen molar-refractivity contribution in [1.82, 2.24) is 0 Å². The van der Waals surface area contributed by atoms with Crippen LogP contribution in [0.2, 0.25) is 0 Å². The molecule has 1 atom stereocenters. The lowest BCUT2D eigenvalue weighted by Crippen LogP contribution is -2.22. The van der Waals surface area contributed by atoms with Gasteiger partial charge in [0.05, 0.1) is 6.61 Å². The first-order chi connectivity index (χ1) is 6.81. The van der Waals surface area contributed by atoms with Crippen LogP contribution in [0.1, 0.15) is 51.9 Å². The first-order valence-corrected chi connectivity index (χ1v) is 5.82. The minimum atomic E-state index is -0.0775. The predicted octanol–water partition coefficient (Wildman–Crippen LogP) is 2.61. The van der Waals surface area contributed by atoms with Crippen LogP contribution in [-0.2, 0) is 0 Å². The Morgan fingerprint density at radius 3 is 2.50 bits per heavy atom. The highest BCUT2D eigenvalue weighted by molar-refractivity contribution is 4.85. The molecule has 14 heavy (non-hydrogen) atoms. The summed E-state index contributed by atoms with van der Waals surface area (Å²) in [6, 6.07) is -0.0775. The van der Waals surface area contributed by atoms with E-state index in [2.05, 4.69) is 19.1 Å². The third-order valence-corrected chi connectivity index (χ3v) is 2.31. The summed E-state index contributed by atoms with van der Waals surface area (Å²) in [6.07, 6.45) is 12.9. The highest BCUT2D eigenvalue weighted by Gasteiger charge is 1.94. The van der Waals surface area contributed by atoms with Gasteiger partial charge in [0.25, 0.3) is 0 Å². The first-order valence-electron chi connectivity index (χ1n) is 5.82. The molecule has 0 unspecified atom stereocenters. The number of aliphatic hydroxyl groups excluding tert-OH is 1. The van der Waals surface area contributed by atoms with Crippen LogP contribution in [0.5, 0.6) is 0 Å². The lowest BCUT2D eigenvalue weighted by Gasteiger charge is -2.02. The molecular formula is C12H25NO. The number of nitrogens with two attached hydrogens (primary N) is 1. The van der Waals surface area contributed by atoms with Crippen LogP contribution in [0.25, 0.3) is 0 Å². The SMILES string of the molecule is CCCCCCC/C=C/C[C@@H](N)CO. The maximum atomic E-state index is 8.68. The van der Waals surface area contributed by atoms with Crippen molar-refractivity contribution in [1.29, 1.82) is 0 Å². The van der Waals surface area contributed by atoms with E-state index in [1.54, 1.807) is 0 Å². The van der Waals surface area contributed by atoms with Gasteiger partial charge in [-0.25, -0.2) is 0 Å². The highest BCUT2D eigenvalue weighted by Crippen LogP contribution is 2.05. The largest absolute Gasteiger partial charge is 0.395 e. The van der Waals surface area contributed by atoms with E-state index in [9.17, 15) is 0 Å². The highest BCUT2D eigenvalue weighted by atomic mass is 16.3. The van der Waals surface area contributed by atoms with Crippen molar-refractivity contribution < 1.29 is 5.11 Å². The third-order valence-electron chi connectivity index (χ3n) is 2.31. The molecule has 2 heteroatoms. The van der Waals surface area contributed by atoms with E-state index in [0.29, 0.717) is 0 Å². The molecular weight excluding hydrogens is 174 g/mol. The molecule has 0 aliphatic carbocycles. The first kappa shape index (κ1) is 13.7. The Hall–Kier alpha value is -0.340. The lowest BCUT2D eigenvalue weighted by molar-refractivity contribution is 0.266. The summed E-state index contributed by atoms with van der Waals surface area (Å²) >= 11 is 0. The van der Waals surface area contributed by atoms with E-state index in [-0.39, 0.29) is 12.6 Å². The van der Waals surface area contributed by atoms with E-state index in [4.69, 9.17) is 10.8 Å². The zero-order chi connectivity index (χ0) is 10.6. The fourth-order valence-electron chi connectivity index (χ4n) is 1.33. The fraction of sp³-hybridized carbons (Fsp3) is 0.833. The molecule has 0 aromatic heterocycles. The Balaban J connectivity index is 3.10. The van der Waals surface area contributed by atoms with E-state index >= 15 is 0 Å². The molecule has 0 bridgehead atoms. The minimum absolute atomic E-state index is 0.0775. The fourth-order valence-corrected chi connectivity index (χ4v) is 1.33. The smallest absolute Gasteiger partial charge is 0.0585 e. The van der Waals surface area contributed by atoms with E-state index in [0.717, 1.165) is 12.8 Å². The number of rotatable bonds is 9. The normalized spacial score (nSPS) is 13.6. The molecule has 3 N–H and O–H groups in total. The van der Waals surface area contributed by atoms with Gasteiger partial charge in [-0.15, -0.1) is 0 Å². The summed E-state index contributed by atoms with van der Waals surface area (Å²) in [5, 5.41) is 8.68. The monoisotopic (exact) mass is 199 g/mol. The molecule has 0 amide bonds. The topological polar surface area (TPSA) is 46.2 Å². The van der Waals surface area contributed by atoms with Gasteiger partial charge < -0.3 is 10.8 Å². The van der Waals surface area contributed by atoms with Crippen molar-refractivity contribution in [2.75, 3.05) is 6.61 Å². The Bertz CT molecular complexity index is 134. The van der Waals surface area contributed by atoms with Gasteiger partial charge in [-0.2, -0.15) is 0 Å². The number of hydrogen-bond acceptors (Lipinski definition) is 2. The number of aliphatic hydroxyl groups is 1. The number of unbranched alkanes of at least 4 members (excludes halogenated alkanes) is 5. The summed E-state index contributed by atoms with van der Waals surface area (Å²) in [7, 11) is 0. The molecule has 0 aliphatic rings. The van der Waals surface area contributed by atoms with Gasteiger partial charge in [0.15, 0.2) is 0 Å². The minimum Gasteiger partial charge on any atom is -0.395 e. The summed E-state index contributed by atoms with van der Waals surface area (Å²) in [6.45, 7) is 2.32. The average molecular weight is 199 g/mol. The lowest BCUT2D eigenvalue weighted by atomic mass is 10.1. The van der Waals surface area contributed by atoms with Crippen molar-refractivity contribution >= 4 is 0 Å². The van der Waals surface area contributed by atoms with Crippen molar-refractivity contribution in [3.05, 3.63) is 12.2 Å². The van der Waals surface area contributed by atoms with Crippen molar-refractivity contribution in [3.63, 3.8) is 0 Å². The molecule has 0 aromatic rings. The van der Waals surface area contributed by atoms with Gasteiger partial charge in [-0.1, -0.05) is 44.8 Å². The van der Waals surface area contributed by atoms with Crippen LogP contribution in [0.4, 0.5) is 0 Å². The van der Waals surface area contributed by atoms with Crippen LogP contribution >= 0.6 is 0 Å². The third kappa shape index (κ3) is 9.75. The molecule has 0 aromatic carbocycles. The van der Waals surface area contributed by atoms with Crippen molar-refractivity contribution in [2.24, 2.45) is 5.73 Å². The molecule has 0 spiro atoms. The summed E-state index contributed by atoms with van der Waals surface area (Å²) in [5.74, 6) is 0. The van der Waals surface area contributed by atoms with E-state index in [1.165, 1.54) is 32.1 Å². The number of allylic oxidation sites excluding steroid dienone is 1. The molecule has 0 saturated carbocycles. The zero-order valence-electron chi connectivity index (χ0n) is 9.41. The van der Waals surface area contributed by atoms with Gasteiger partial charge >= 0.3 is 0 Å². The molecule has 84 valence electrons. The van der Waals surface area contributed by atoms with Gasteiger partial charge in [-0.05, 0) is 19.3 Å². The molecule has 2 nitrogen and oxygen atoms in total. The standard InChI is InChI=1S/C12H25NO/c1-2-3-4-5-6-7-8-9-10-12(13)11-14/h8-9,12,14H,2-7,10-11,13H2,1H3/b9-8+/t12-/m1/s1. The Labute approximate surface area is 88.2 Å². The Morgan fingerprint density at radius 1 is 1.14 bits per heavy atom. The molecule has 0 radical (unpaired) electrons. The number of hydrogen-bond donors (Lipinski definition) is 2. The van der Waals surface area contributed by atoms with Gasteiger partial charge in [0, 0.05) is 6.04 Å². The molecule has 0 rings (SSSR count). The van der Waals surface area contributed by atoms with Crippen molar-refractivity contribution in [2.45, 2.75) is 57.9 Å². The second-order valence-electron chi connectivity index (χ2n) is 3.85.